The molecule has 2 rings (SSSR count). The van der Waals surface area contributed by atoms with Crippen molar-refractivity contribution in [1.82, 2.24) is 9.13 Å². The zero-order chi connectivity index (χ0) is 27.0. The van der Waals surface area contributed by atoms with Gasteiger partial charge in [0.1, 0.15) is 36.4 Å². The summed E-state index contributed by atoms with van der Waals surface area (Å²) in [7, 11) is 0.794. The van der Waals surface area contributed by atoms with E-state index in [0.717, 1.165) is 19.2 Å². The summed E-state index contributed by atoms with van der Waals surface area (Å²) in [5.74, 6) is -1.94. The molecule has 2 aromatic rings. The van der Waals surface area contributed by atoms with E-state index in [0.29, 0.717) is 0 Å². The smallest absolute Gasteiger partial charge is 0.431 e. The number of rotatable bonds is 10. The number of carbonyl (C=O) groups is 1. The number of alkyl halides is 3. The SMILES string of the molecule is C=C(/C=C\C=N/COCC(=O)OCC)Oc1cc(-n2c(=O)cc(C(F)(F)F)n(C)c2=O)c(F)cc1Cl. The highest BCUT2D eigenvalue weighted by Gasteiger charge is 2.35. The normalized spacial score (nSPS) is 11.9. The van der Waals surface area contributed by atoms with Gasteiger partial charge in [0.15, 0.2) is 0 Å². The van der Waals surface area contributed by atoms with Crippen molar-refractivity contribution in [1.29, 1.82) is 0 Å². The highest BCUT2D eigenvalue weighted by Crippen LogP contribution is 2.31. The second-order valence-electron chi connectivity index (χ2n) is 6.82. The number of nitrogens with zero attached hydrogens (tertiary/aromatic N) is 3. The molecule has 36 heavy (non-hydrogen) atoms. The lowest BCUT2D eigenvalue weighted by Crippen LogP contribution is -2.41. The third kappa shape index (κ3) is 7.39. The zero-order valence-corrected chi connectivity index (χ0v) is 19.7. The van der Waals surface area contributed by atoms with E-state index >= 15 is 0 Å². The number of allylic oxidation sites excluding steroid dienone is 2. The molecule has 1 aromatic heterocycles. The Bertz CT molecular complexity index is 1310. The number of benzene rings is 1. The van der Waals surface area contributed by atoms with Crippen LogP contribution in [0, 0.1) is 5.82 Å². The molecule has 0 aliphatic heterocycles. The fourth-order valence-electron chi connectivity index (χ4n) is 2.70. The maximum Gasteiger partial charge on any atom is 0.431 e. The predicted octanol–water partition coefficient (Wildman–Crippen LogP) is 3.40. The third-order valence-electron chi connectivity index (χ3n) is 4.26. The first-order valence-corrected chi connectivity index (χ1v) is 10.4. The number of hydrogen-bond acceptors (Lipinski definition) is 7. The molecule has 0 atom stereocenters. The molecule has 0 amide bonds. The Morgan fingerprint density at radius 2 is 1.94 bits per heavy atom. The van der Waals surface area contributed by atoms with Crippen LogP contribution in [0.25, 0.3) is 5.69 Å². The van der Waals surface area contributed by atoms with Crippen molar-refractivity contribution in [2.24, 2.45) is 12.0 Å². The van der Waals surface area contributed by atoms with Crippen LogP contribution in [0.2, 0.25) is 5.02 Å². The molecular weight excluding hydrogens is 514 g/mol. The molecule has 14 heteroatoms. The molecule has 0 aliphatic rings. The Labute approximate surface area is 206 Å². The van der Waals surface area contributed by atoms with Gasteiger partial charge in [0.25, 0.3) is 5.56 Å². The van der Waals surface area contributed by atoms with E-state index in [1.165, 1.54) is 18.4 Å². The second kappa shape index (κ2) is 12.3. The molecule has 0 N–H and O–H groups in total. The van der Waals surface area contributed by atoms with Crippen LogP contribution >= 0.6 is 11.6 Å². The number of halogens is 5. The first kappa shape index (κ1) is 28.5. The topological polar surface area (TPSA) is 101 Å². The van der Waals surface area contributed by atoms with Crippen LogP contribution in [-0.2, 0) is 27.5 Å². The van der Waals surface area contributed by atoms with E-state index in [1.54, 1.807) is 6.92 Å². The summed E-state index contributed by atoms with van der Waals surface area (Å²) < 4.78 is 69.2. The van der Waals surface area contributed by atoms with Gasteiger partial charge in [0, 0.05) is 25.4 Å². The lowest BCUT2D eigenvalue weighted by atomic mass is 10.2. The summed E-state index contributed by atoms with van der Waals surface area (Å²) >= 11 is 5.97. The zero-order valence-electron chi connectivity index (χ0n) is 19.0. The summed E-state index contributed by atoms with van der Waals surface area (Å²) in [6.45, 7) is 5.11. The van der Waals surface area contributed by atoms with E-state index in [-0.39, 0.29) is 51.7 Å². The molecule has 0 aliphatic carbocycles. The fourth-order valence-corrected chi connectivity index (χ4v) is 2.89. The van der Waals surface area contributed by atoms with E-state index in [4.69, 9.17) is 21.1 Å². The van der Waals surface area contributed by atoms with Gasteiger partial charge in [-0.1, -0.05) is 18.2 Å². The quantitative estimate of drug-likeness (QED) is 0.116. The van der Waals surface area contributed by atoms with Crippen LogP contribution in [0.3, 0.4) is 0 Å². The van der Waals surface area contributed by atoms with Crippen LogP contribution in [0.1, 0.15) is 12.6 Å². The summed E-state index contributed by atoms with van der Waals surface area (Å²) in [4.78, 5) is 39.7. The molecule has 1 aromatic carbocycles. The summed E-state index contributed by atoms with van der Waals surface area (Å²) in [6, 6.07) is 1.78. The van der Waals surface area contributed by atoms with Crippen LogP contribution in [-0.4, -0.2) is 41.3 Å². The average Bonchev–Trinajstić information content (AvgIpc) is 2.78. The van der Waals surface area contributed by atoms with Crippen LogP contribution in [0.4, 0.5) is 17.6 Å². The monoisotopic (exact) mass is 533 g/mol. The minimum Gasteiger partial charge on any atom is -0.464 e. The molecule has 0 radical (unpaired) electrons. The van der Waals surface area contributed by atoms with Crippen molar-refractivity contribution >= 4 is 23.8 Å². The molecule has 1 heterocycles. The standard InChI is InChI=1S/C22H20ClF4N3O6/c1-4-35-20(32)11-34-12-28-7-5-6-13(2)36-17-9-16(15(24)8-14(17)23)30-19(31)10-18(22(25,26)27)29(3)21(30)33/h5-10H,2,4,11-12H2,1,3H3/b6-5-,28-7-. The minimum atomic E-state index is -4.97. The Hall–Kier alpha value is -3.71. The van der Waals surface area contributed by atoms with E-state index in [2.05, 4.69) is 16.3 Å². The van der Waals surface area contributed by atoms with Crippen molar-refractivity contribution < 1.29 is 36.6 Å². The summed E-state index contributed by atoms with van der Waals surface area (Å²) in [6.07, 6.45) is -0.940. The summed E-state index contributed by atoms with van der Waals surface area (Å²) in [5.41, 5.74) is -5.00. The van der Waals surface area contributed by atoms with Gasteiger partial charge in [-0.25, -0.2) is 18.5 Å². The largest absolute Gasteiger partial charge is 0.464 e. The van der Waals surface area contributed by atoms with Crippen molar-refractivity contribution in [3.05, 3.63) is 80.1 Å². The first-order chi connectivity index (χ1) is 16.9. The van der Waals surface area contributed by atoms with Crippen LogP contribution in [0.5, 0.6) is 5.75 Å². The maximum atomic E-state index is 14.6. The fraction of sp³-hybridized carbons (Fsp3) is 0.273. The van der Waals surface area contributed by atoms with E-state index in [9.17, 15) is 31.9 Å². The van der Waals surface area contributed by atoms with Gasteiger partial charge in [0.05, 0.1) is 17.3 Å². The molecule has 194 valence electrons. The number of ether oxygens (including phenoxy) is 3. The van der Waals surface area contributed by atoms with Gasteiger partial charge in [-0.05, 0) is 25.1 Å². The Balaban J connectivity index is 2.20. The number of aliphatic imine (C=N–C) groups is 1. The van der Waals surface area contributed by atoms with Gasteiger partial charge < -0.3 is 14.2 Å². The number of hydrogen-bond donors (Lipinski definition) is 0. The predicted molar refractivity (Wildman–Crippen MR) is 122 cm³/mol. The molecule has 0 unspecified atom stereocenters. The van der Waals surface area contributed by atoms with E-state index < -0.39 is 40.6 Å². The minimum absolute atomic E-state index is 0.0268. The number of esters is 1. The average molecular weight is 534 g/mol. The van der Waals surface area contributed by atoms with Crippen LogP contribution < -0.4 is 16.0 Å². The van der Waals surface area contributed by atoms with Gasteiger partial charge in [-0.2, -0.15) is 13.2 Å². The molecule has 0 saturated carbocycles. The Kier molecular flexibility index (Phi) is 9.76. The first-order valence-electron chi connectivity index (χ1n) is 10.0. The van der Waals surface area contributed by atoms with Gasteiger partial charge in [0.2, 0.25) is 0 Å². The molecule has 0 fully saturated rings. The molecular formula is C22H20ClF4N3O6. The second-order valence-corrected chi connectivity index (χ2v) is 7.23. The van der Waals surface area contributed by atoms with Crippen molar-refractivity contribution in [3.8, 4) is 11.4 Å². The number of aromatic nitrogens is 2. The third-order valence-corrected chi connectivity index (χ3v) is 4.55. The molecule has 0 saturated heterocycles. The van der Waals surface area contributed by atoms with Gasteiger partial charge >= 0.3 is 17.8 Å². The lowest BCUT2D eigenvalue weighted by molar-refractivity contribution is -0.148. The molecule has 0 bridgehead atoms. The summed E-state index contributed by atoms with van der Waals surface area (Å²) in [5, 5.41) is -0.261. The highest BCUT2D eigenvalue weighted by molar-refractivity contribution is 6.32. The maximum absolute atomic E-state index is 14.6. The van der Waals surface area contributed by atoms with Gasteiger partial charge in [-0.3, -0.25) is 14.4 Å². The Morgan fingerprint density at radius 3 is 2.58 bits per heavy atom. The van der Waals surface area contributed by atoms with Gasteiger partial charge in [-0.15, -0.1) is 0 Å². The van der Waals surface area contributed by atoms with Crippen molar-refractivity contribution in [2.75, 3.05) is 19.9 Å². The number of carbonyl (C=O) groups excluding carboxylic acids is 1. The Morgan fingerprint density at radius 1 is 1.25 bits per heavy atom. The lowest BCUT2D eigenvalue weighted by Gasteiger charge is -2.15. The molecule has 9 nitrogen and oxygen atoms in total. The van der Waals surface area contributed by atoms with E-state index in [1.807, 2.05) is 0 Å². The van der Waals surface area contributed by atoms with Crippen molar-refractivity contribution in [3.63, 3.8) is 0 Å². The van der Waals surface area contributed by atoms with Crippen molar-refractivity contribution in [2.45, 2.75) is 13.1 Å². The highest BCUT2D eigenvalue weighted by atomic mass is 35.5. The van der Waals surface area contributed by atoms with Crippen LogP contribution in [0.15, 0.2) is 57.3 Å². The molecule has 0 spiro atoms.